The van der Waals surface area contributed by atoms with Crippen LogP contribution >= 0.6 is 0 Å². The molecule has 3 heterocycles. The molecule has 0 unspecified atom stereocenters. The number of benzene rings is 1. The van der Waals surface area contributed by atoms with E-state index in [0.717, 1.165) is 50.2 Å². The van der Waals surface area contributed by atoms with Crippen LogP contribution in [0.4, 0.5) is 5.69 Å². The van der Waals surface area contributed by atoms with E-state index in [-0.39, 0.29) is 10.8 Å². The Labute approximate surface area is 190 Å². The van der Waals surface area contributed by atoms with Crippen LogP contribution in [0.3, 0.4) is 0 Å². The number of rotatable bonds is 5. The van der Waals surface area contributed by atoms with Gasteiger partial charge in [0.05, 0.1) is 7.11 Å². The summed E-state index contributed by atoms with van der Waals surface area (Å²) < 4.78 is 34.5. The average molecular weight is 461 g/mol. The van der Waals surface area contributed by atoms with Gasteiger partial charge in [-0.25, -0.2) is 8.42 Å². The predicted molar refractivity (Wildman–Crippen MR) is 124 cm³/mol. The van der Waals surface area contributed by atoms with Crippen molar-refractivity contribution in [3.8, 4) is 5.75 Å². The number of anilines is 1. The van der Waals surface area contributed by atoms with Gasteiger partial charge in [0.25, 0.3) is 5.91 Å². The Morgan fingerprint density at radius 3 is 2.31 bits per heavy atom. The minimum Gasteiger partial charge on any atom is -0.497 e. The number of carbonyl (C=O) groups is 1. The molecule has 1 aromatic carbocycles. The molecule has 0 spiro atoms. The molecule has 0 aliphatic carbocycles. The number of sulfonamides is 1. The highest BCUT2D eigenvalue weighted by molar-refractivity contribution is 7.89. The summed E-state index contributed by atoms with van der Waals surface area (Å²) in [5, 5.41) is 0. The molecule has 0 radical (unpaired) electrons. The maximum Gasteiger partial charge on any atom is 0.270 e. The fourth-order valence-corrected chi connectivity index (χ4v) is 6.06. The summed E-state index contributed by atoms with van der Waals surface area (Å²) in [5.41, 5.74) is 1.52. The summed E-state index contributed by atoms with van der Waals surface area (Å²) in [6.07, 6.45) is 5.25. The maximum absolute atomic E-state index is 13.3. The van der Waals surface area contributed by atoms with Crippen molar-refractivity contribution in [3.05, 3.63) is 42.2 Å². The van der Waals surface area contributed by atoms with E-state index >= 15 is 0 Å². The van der Waals surface area contributed by atoms with Gasteiger partial charge in [-0.2, -0.15) is 4.31 Å². The second-order valence-electron chi connectivity index (χ2n) is 8.47. The van der Waals surface area contributed by atoms with Crippen LogP contribution in [0.5, 0.6) is 5.75 Å². The van der Waals surface area contributed by atoms with E-state index in [0.29, 0.717) is 31.9 Å². The zero-order chi connectivity index (χ0) is 22.7. The molecule has 8 nitrogen and oxygen atoms in total. The van der Waals surface area contributed by atoms with E-state index in [4.69, 9.17) is 4.74 Å². The van der Waals surface area contributed by atoms with E-state index in [1.165, 1.54) is 0 Å². The van der Waals surface area contributed by atoms with Crippen molar-refractivity contribution in [2.24, 2.45) is 7.05 Å². The Kier molecular flexibility index (Phi) is 6.76. The minimum absolute atomic E-state index is 0.121. The molecule has 32 heavy (non-hydrogen) atoms. The fourth-order valence-electron chi connectivity index (χ4n) is 4.48. The number of hydrogen-bond acceptors (Lipinski definition) is 5. The van der Waals surface area contributed by atoms with E-state index in [1.807, 2.05) is 29.2 Å². The highest BCUT2D eigenvalue weighted by atomic mass is 32.2. The van der Waals surface area contributed by atoms with Crippen LogP contribution in [-0.4, -0.2) is 74.5 Å². The minimum atomic E-state index is -3.56. The predicted octanol–water partition coefficient (Wildman–Crippen LogP) is 2.56. The van der Waals surface area contributed by atoms with Crippen molar-refractivity contribution in [2.75, 3.05) is 51.3 Å². The number of hydrogen-bond donors (Lipinski definition) is 0. The first kappa shape index (κ1) is 22.7. The van der Waals surface area contributed by atoms with Gasteiger partial charge in [-0.1, -0.05) is 6.42 Å². The molecule has 2 fully saturated rings. The highest BCUT2D eigenvalue weighted by Gasteiger charge is 2.30. The number of nitrogens with zero attached hydrogens (tertiary/aromatic N) is 4. The fraction of sp³-hybridized carbons (Fsp3) is 0.522. The molecular weight excluding hydrogens is 428 g/mol. The lowest BCUT2D eigenvalue weighted by molar-refractivity contribution is 0.0757. The molecule has 4 rings (SSSR count). The monoisotopic (exact) mass is 460 g/mol. The first-order chi connectivity index (χ1) is 15.4. The van der Waals surface area contributed by atoms with E-state index < -0.39 is 10.0 Å². The standard InChI is InChI=1S/C23H32N4O4S/c1-24-18-21(32(29,30)27-13-4-3-5-14-27)17-22(24)23(28)26-12-6-11-25(15-16-26)19-7-9-20(31-2)10-8-19/h7-10,17-18H,3-6,11-16H2,1-2H3. The van der Waals surface area contributed by atoms with Gasteiger partial charge in [-0.3, -0.25) is 4.79 Å². The molecule has 9 heteroatoms. The summed E-state index contributed by atoms with van der Waals surface area (Å²) in [7, 11) is -0.172. The lowest BCUT2D eigenvalue weighted by Gasteiger charge is -2.25. The Morgan fingerprint density at radius 2 is 1.62 bits per heavy atom. The Bertz CT molecular complexity index is 1040. The van der Waals surface area contributed by atoms with Crippen molar-refractivity contribution in [1.29, 1.82) is 0 Å². The zero-order valence-electron chi connectivity index (χ0n) is 18.9. The quantitative estimate of drug-likeness (QED) is 0.686. The van der Waals surface area contributed by atoms with E-state index in [1.54, 1.807) is 35.3 Å². The third-order valence-corrected chi connectivity index (χ3v) is 8.24. The van der Waals surface area contributed by atoms with Gasteiger partial charge in [0.15, 0.2) is 0 Å². The molecule has 0 saturated carbocycles. The van der Waals surface area contributed by atoms with Crippen molar-refractivity contribution in [2.45, 2.75) is 30.6 Å². The van der Waals surface area contributed by atoms with Gasteiger partial charge in [-0.15, -0.1) is 0 Å². The third kappa shape index (κ3) is 4.63. The second-order valence-corrected chi connectivity index (χ2v) is 10.4. The van der Waals surface area contributed by atoms with Crippen LogP contribution < -0.4 is 9.64 Å². The topological polar surface area (TPSA) is 75.1 Å². The smallest absolute Gasteiger partial charge is 0.270 e. The lowest BCUT2D eigenvalue weighted by atomic mass is 10.2. The SMILES string of the molecule is COc1ccc(N2CCCN(C(=O)c3cc(S(=O)(=O)N4CCCCC4)cn3C)CC2)cc1. The van der Waals surface area contributed by atoms with Crippen LogP contribution in [0, 0.1) is 0 Å². The number of ether oxygens (including phenoxy) is 1. The number of piperidine rings is 1. The number of carbonyl (C=O) groups excluding carboxylic acids is 1. The van der Waals surface area contributed by atoms with Crippen LogP contribution in [0.2, 0.25) is 0 Å². The van der Waals surface area contributed by atoms with E-state index in [9.17, 15) is 13.2 Å². The number of aryl methyl sites for hydroxylation is 1. The van der Waals surface area contributed by atoms with Gasteiger partial charge in [0, 0.05) is 58.2 Å². The number of methoxy groups -OCH3 is 1. The highest BCUT2D eigenvalue weighted by Crippen LogP contribution is 2.24. The molecule has 0 N–H and O–H groups in total. The normalized spacial score (nSPS) is 18.4. The van der Waals surface area contributed by atoms with Crippen LogP contribution in [0.25, 0.3) is 0 Å². The van der Waals surface area contributed by atoms with Gasteiger partial charge in [0.1, 0.15) is 16.3 Å². The third-order valence-electron chi connectivity index (χ3n) is 6.37. The first-order valence-electron chi connectivity index (χ1n) is 11.2. The molecule has 0 bridgehead atoms. The molecule has 2 aliphatic heterocycles. The Hall–Kier alpha value is -2.52. The molecule has 2 aliphatic rings. The zero-order valence-corrected chi connectivity index (χ0v) is 19.7. The largest absolute Gasteiger partial charge is 0.497 e. The van der Waals surface area contributed by atoms with Crippen molar-refractivity contribution < 1.29 is 17.9 Å². The molecule has 2 aromatic rings. The molecule has 174 valence electrons. The van der Waals surface area contributed by atoms with Gasteiger partial charge >= 0.3 is 0 Å². The number of aromatic nitrogens is 1. The van der Waals surface area contributed by atoms with Crippen molar-refractivity contribution >= 4 is 21.6 Å². The molecule has 1 amide bonds. The molecule has 2 saturated heterocycles. The van der Waals surface area contributed by atoms with Gasteiger partial charge in [-0.05, 0) is 49.6 Å². The van der Waals surface area contributed by atoms with Gasteiger partial charge in [0.2, 0.25) is 10.0 Å². The molecule has 0 atom stereocenters. The molecular formula is C23H32N4O4S. The van der Waals surface area contributed by atoms with Crippen LogP contribution in [0.1, 0.15) is 36.2 Å². The first-order valence-corrected chi connectivity index (χ1v) is 12.7. The van der Waals surface area contributed by atoms with Crippen molar-refractivity contribution in [1.82, 2.24) is 13.8 Å². The van der Waals surface area contributed by atoms with Crippen LogP contribution in [0.15, 0.2) is 41.4 Å². The van der Waals surface area contributed by atoms with Gasteiger partial charge < -0.3 is 19.1 Å². The maximum atomic E-state index is 13.3. The van der Waals surface area contributed by atoms with Crippen LogP contribution in [-0.2, 0) is 17.1 Å². The number of amides is 1. The molecule has 1 aromatic heterocycles. The Morgan fingerprint density at radius 1 is 0.906 bits per heavy atom. The average Bonchev–Trinajstić information content (AvgIpc) is 3.05. The summed E-state index contributed by atoms with van der Waals surface area (Å²) in [6.45, 7) is 3.91. The summed E-state index contributed by atoms with van der Waals surface area (Å²) >= 11 is 0. The summed E-state index contributed by atoms with van der Waals surface area (Å²) in [4.78, 5) is 17.6. The Balaban J connectivity index is 1.46. The summed E-state index contributed by atoms with van der Waals surface area (Å²) in [5.74, 6) is 0.698. The summed E-state index contributed by atoms with van der Waals surface area (Å²) in [6, 6.07) is 9.49. The second kappa shape index (κ2) is 9.54. The van der Waals surface area contributed by atoms with Crippen molar-refractivity contribution in [3.63, 3.8) is 0 Å². The lowest BCUT2D eigenvalue weighted by Crippen LogP contribution is -2.36. The van der Waals surface area contributed by atoms with E-state index in [2.05, 4.69) is 4.90 Å².